The van der Waals surface area contributed by atoms with Crippen LogP contribution in [0.5, 0.6) is 0 Å². The molecular weight excluding hydrogens is 374 g/mol. The number of hydrogen-bond donors (Lipinski definition) is 3. The molecular formula is C20H29N5O4. The second kappa shape index (κ2) is 9.21. The van der Waals surface area contributed by atoms with Gasteiger partial charge in [-0.05, 0) is 38.3 Å². The summed E-state index contributed by atoms with van der Waals surface area (Å²) in [5.41, 5.74) is 1.07. The minimum absolute atomic E-state index is 0.0194. The highest BCUT2D eigenvalue weighted by Gasteiger charge is 2.34. The van der Waals surface area contributed by atoms with Crippen molar-refractivity contribution in [1.82, 2.24) is 25.4 Å². The van der Waals surface area contributed by atoms with Crippen molar-refractivity contribution in [3.63, 3.8) is 0 Å². The summed E-state index contributed by atoms with van der Waals surface area (Å²) in [7, 11) is 1.76. The van der Waals surface area contributed by atoms with Crippen molar-refractivity contribution in [1.29, 1.82) is 0 Å². The molecule has 3 rings (SSSR count). The summed E-state index contributed by atoms with van der Waals surface area (Å²) in [6, 6.07) is 4.80. The zero-order chi connectivity index (χ0) is 21.0. The van der Waals surface area contributed by atoms with Gasteiger partial charge in [-0.3, -0.25) is 9.59 Å². The molecule has 29 heavy (non-hydrogen) atoms. The molecule has 0 unspecified atom stereocenters. The molecule has 1 aliphatic carbocycles. The summed E-state index contributed by atoms with van der Waals surface area (Å²) in [6.45, 7) is 4.06. The molecule has 1 aliphatic heterocycles. The van der Waals surface area contributed by atoms with Gasteiger partial charge in [0.2, 0.25) is 5.91 Å². The van der Waals surface area contributed by atoms with Crippen LogP contribution in [0.1, 0.15) is 35.4 Å². The number of nitrogens with one attached hydrogen (secondary N) is 2. The molecule has 2 heterocycles. The Morgan fingerprint density at radius 2 is 2.07 bits per heavy atom. The zero-order valence-electron chi connectivity index (χ0n) is 16.9. The molecule has 3 atom stereocenters. The minimum Gasteiger partial charge on any atom is -0.391 e. The zero-order valence-corrected chi connectivity index (χ0v) is 16.9. The van der Waals surface area contributed by atoms with Gasteiger partial charge in [0.1, 0.15) is 5.69 Å². The van der Waals surface area contributed by atoms with Crippen molar-refractivity contribution < 1.29 is 19.5 Å². The number of carbonyl (C=O) groups is 3. The number of urea groups is 1. The molecule has 0 aromatic carbocycles. The summed E-state index contributed by atoms with van der Waals surface area (Å²) in [6.07, 6.45) is 0.609. The fourth-order valence-electron chi connectivity index (χ4n) is 3.83. The van der Waals surface area contributed by atoms with E-state index in [2.05, 4.69) is 15.6 Å². The Hall–Kier alpha value is -2.68. The van der Waals surface area contributed by atoms with Gasteiger partial charge < -0.3 is 25.5 Å². The topological polar surface area (TPSA) is 115 Å². The normalized spacial score (nSPS) is 24.5. The first-order valence-corrected chi connectivity index (χ1v) is 10.1. The van der Waals surface area contributed by atoms with Crippen LogP contribution < -0.4 is 10.6 Å². The van der Waals surface area contributed by atoms with E-state index in [0.29, 0.717) is 51.1 Å². The summed E-state index contributed by atoms with van der Waals surface area (Å²) in [4.78, 5) is 44.2. The van der Waals surface area contributed by atoms with Gasteiger partial charge >= 0.3 is 6.03 Å². The number of aryl methyl sites for hydroxylation is 1. The van der Waals surface area contributed by atoms with Gasteiger partial charge in [-0.25, -0.2) is 9.78 Å². The molecule has 1 saturated heterocycles. The maximum absolute atomic E-state index is 12.4. The van der Waals surface area contributed by atoms with E-state index in [1.54, 1.807) is 29.0 Å². The van der Waals surface area contributed by atoms with Crippen LogP contribution in [0.2, 0.25) is 0 Å². The van der Waals surface area contributed by atoms with Crippen LogP contribution in [-0.4, -0.2) is 83.1 Å². The van der Waals surface area contributed by atoms with E-state index in [0.717, 1.165) is 5.69 Å². The molecule has 1 aromatic rings. The number of hydrogen-bond acceptors (Lipinski definition) is 5. The van der Waals surface area contributed by atoms with Crippen molar-refractivity contribution >= 4 is 17.8 Å². The number of pyridine rings is 1. The molecule has 3 N–H and O–H groups in total. The van der Waals surface area contributed by atoms with E-state index in [4.69, 9.17) is 0 Å². The van der Waals surface area contributed by atoms with Crippen LogP contribution in [0.3, 0.4) is 0 Å². The van der Waals surface area contributed by atoms with Crippen molar-refractivity contribution in [2.75, 3.05) is 33.2 Å². The first-order chi connectivity index (χ1) is 13.8. The maximum atomic E-state index is 12.4. The fourth-order valence-corrected chi connectivity index (χ4v) is 3.83. The predicted molar refractivity (Wildman–Crippen MR) is 106 cm³/mol. The van der Waals surface area contributed by atoms with Gasteiger partial charge in [0.05, 0.1) is 12.1 Å². The molecule has 4 amide bonds. The number of carbonyl (C=O) groups excluding carboxylic acids is 3. The van der Waals surface area contributed by atoms with E-state index in [-0.39, 0.29) is 23.8 Å². The number of aliphatic hydroxyl groups is 1. The number of amides is 4. The molecule has 1 saturated carbocycles. The van der Waals surface area contributed by atoms with Crippen LogP contribution in [0.15, 0.2) is 18.2 Å². The molecule has 9 heteroatoms. The Labute approximate surface area is 170 Å². The molecule has 158 valence electrons. The number of aromatic nitrogens is 1. The summed E-state index contributed by atoms with van der Waals surface area (Å²) in [5.74, 6) is -0.734. The Balaban J connectivity index is 1.42. The number of aliphatic hydroxyl groups excluding tert-OH is 1. The van der Waals surface area contributed by atoms with E-state index in [1.807, 2.05) is 13.0 Å². The third-order valence-corrected chi connectivity index (χ3v) is 5.61. The van der Waals surface area contributed by atoms with Crippen LogP contribution in [0.25, 0.3) is 0 Å². The lowest BCUT2D eigenvalue weighted by molar-refractivity contribution is -0.127. The fraction of sp³-hybridized carbons (Fsp3) is 0.600. The monoisotopic (exact) mass is 403 g/mol. The Morgan fingerprint density at radius 3 is 2.72 bits per heavy atom. The Morgan fingerprint density at radius 1 is 1.28 bits per heavy atom. The number of likely N-dealkylation sites (N-methyl/N-ethyl adjacent to an activating group) is 1. The first kappa shape index (κ1) is 21.0. The van der Waals surface area contributed by atoms with Gasteiger partial charge in [0.15, 0.2) is 0 Å². The van der Waals surface area contributed by atoms with Gasteiger partial charge in [-0.2, -0.15) is 0 Å². The average Bonchev–Trinajstić information content (AvgIpc) is 3.01. The second-order valence-corrected chi connectivity index (χ2v) is 7.80. The quantitative estimate of drug-likeness (QED) is 0.625. The summed E-state index contributed by atoms with van der Waals surface area (Å²) >= 11 is 0. The molecule has 9 nitrogen and oxygen atoms in total. The molecule has 2 fully saturated rings. The highest BCUT2D eigenvalue weighted by Crippen LogP contribution is 2.25. The van der Waals surface area contributed by atoms with Crippen molar-refractivity contribution in [2.45, 2.75) is 38.3 Å². The SMILES string of the molecule is Cc1cccc(C(=O)N[C@H]2CC[C@H](C(=O)NCCN3CCN(C)C3=O)C[C@@H]2O)n1. The van der Waals surface area contributed by atoms with Crippen LogP contribution in [0, 0.1) is 12.8 Å². The Kier molecular flexibility index (Phi) is 6.68. The third-order valence-electron chi connectivity index (χ3n) is 5.61. The summed E-state index contributed by atoms with van der Waals surface area (Å²) in [5, 5.41) is 16.1. The molecule has 2 aliphatic rings. The maximum Gasteiger partial charge on any atom is 0.319 e. The Bertz CT molecular complexity index is 771. The van der Waals surface area contributed by atoms with Crippen LogP contribution in [-0.2, 0) is 4.79 Å². The van der Waals surface area contributed by atoms with E-state index in [1.165, 1.54) is 0 Å². The lowest BCUT2D eigenvalue weighted by Gasteiger charge is -2.33. The summed E-state index contributed by atoms with van der Waals surface area (Å²) < 4.78 is 0. The van der Waals surface area contributed by atoms with Crippen molar-refractivity contribution in [2.24, 2.45) is 5.92 Å². The smallest absolute Gasteiger partial charge is 0.319 e. The minimum atomic E-state index is -0.790. The molecule has 1 aromatic heterocycles. The lowest BCUT2D eigenvalue weighted by atomic mass is 9.83. The van der Waals surface area contributed by atoms with Gasteiger partial charge in [-0.15, -0.1) is 0 Å². The lowest BCUT2D eigenvalue weighted by Crippen LogP contribution is -2.49. The second-order valence-electron chi connectivity index (χ2n) is 7.80. The molecule has 0 spiro atoms. The van der Waals surface area contributed by atoms with Gasteiger partial charge in [0, 0.05) is 44.8 Å². The van der Waals surface area contributed by atoms with Crippen LogP contribution in [0.4, 0.5) is 4.79 Å². The van der Waals surface area contributed by atoms with E-state index >= 15 is 0 Å². The average molecular weight is 403 g/mol. The van der Waals surface area contributed by atoms with E-state index in [9.17, 15) is 19.5 Å². The first-order valence-electron chi connectivity index (χ1n) is 10.1. The standard InChI is InChI=1S/C20H29N5O4/c1-13-4-3-5-16(22-13)19(28)23-15-7-6-14(12-17(15)26)18(27)21-8-9-25-11-10-24(2)20(25)29/h3-5,14-15,17,26H,6-12H2,1-2H3,(H,21,27)(H,23,28)/t14-,15-,17-/m0/s1. The third kappa shape index (κ3) is 5.23. The molecule has 0 radical (unpaired) electrons. The van der Waals surface area contributed by atoms with Crippen LogP contribution >= 0.6 is 0 Å². The predicted octanol–water partition coefficient (Wildman–Crippen LogP) is 0.133. The van der Waals surface area contributed by atoms with Crippen molar-refractivity contribution in [3.05, 3.63) is 29.6 Å². The van der Waals surface area contributed by atoms with Gasteiger partial charge in [0.25, 0.3) is 5.91 Å². The van der Waals surface area contributed by atoms with Gasteiger partial charge in [-0.1, -0.05) is 6.07 Å². The van der Waals surface area contributed by atoms with Crippen molar-refractivity contribution in [3.8, 4) is 0 Å². The molecule has 0 bridgehead atoms. The number of rotatable bonds is 6. The largest absolute Gasteiger partial charge is 0.391 e. The highest BCUT2D eigenvalue weighted by molar-refractivity contribution is 5.92. The van der Waals surface area contributed by atoms with E-state index < -0.39 is 12.1 Å². The number of nitrogens with zero attached hydrogens (tertiary/aromatic N) is 3. The highest BCUT2D eigenvalue weighted by atomic mass is 16.3.